The van der Waals surface area contributed by atoms with Crippen LogP contribution in [0.3, 0.4) is 0 Å². The fraction of sp³-hybridized carbons (Fsp3) is 0.500. The lowest BCUT2D eigenvalue weighted by molar-refractivity contribution is 0.0202. The first-order chi connectivity index (χ1) is 9.29. The lowest BCUT2D eigenvalue weighted by Crippen LogP contribution is -2.34. The quantitative estimate of drug-likeness (QED) is 0.939. The van der Waals surface area contributed by atoms with Crippen LogP contribution in [0.4, 0.5) is 0 Å². The van der Waals surface area contributed by atoms with E-state index < -0.39 is 0 Å². The van der Waals surface area contributed by atoms with Gasteiger partial charge in [-0.05, 0) is 24.6 Å². The molecule has 0 amide bonds. The van der Waals surface area contributed by atoms with E-state index >= 15 is 0 Å². The minimum absolute atomic E-state index is 0.0338. The lowest BCUT2D eigenvalue weighted by Gasteiger charge is -2.24. The van der Waals surface area contributed by atoms with E-state index in [1.165, 1.54) is 0 Å². The summed E-state index contributed by atoms with van der Waals surface area (Å²) < 4.78 is 8.07. The van der Waals surface area contributed by atoms with Gasteiger partial charge in [-0.25, -0.2) is 4.98 Å². The van der Waals surface area contributed by atoms with Gasteiger partial charge in [-0.1, -0.05) is 18.5 Å². The standard InChI is InChI=1S/C14H18ClN3O/c1-2-6-18-12-8-10(15)3-4-11(12)17-14(18)13-9-16-5-7-19-13/h3-4,8,13,16H,2,5-7,9H2,1H3. The van der Waals surface area contributed by atoms with Crippen LogP contribution in [0.25, 0.3) is 11.0 Å². The van der Waals surface area contributed by atoms with Crippen LogP contribution in [0, 0.1) is 0 Å². The fourth-order valence-electron chi connectivity index (χ4n) is 2.55. The Balaban J connectivity index is 2.08. The van der Waals surface area contributed by atoms with Crippen molar-refractivity contribution in [2.75, 3.05) is 19.7 Å². The Kier molecular flexibility index (Phi) is 3.73. The summed E-state index contributed by atoms with van der Waals surface area (Å²) in [5, 5.41) is 4.10. The van der Waals surface area contributed by atoms with Gasteiger partial charge in [0.25, 0.3) is 0 Å². The van der Waals surface area contributed by atoms with Crippen LogP contribution in [-0.2, 0) is 11.3 Å². The summed E-state index contributed by atoms with van der Waals surface area (Å²) in [6, 6.07) is 5.85. The molecule has 5 heteroatoms. The minimum atomic E-state index is 0.0338. The molecule has 1 aromatic heterocycles. The van der Waals surface area contributed by atoms with Gasteiger partial charge in [0.15, 0.2) is 0 Å². The molecule has 2 heterocycles. The van der Waals surface area contributed by atoms with Crippen LogP contribution in [0.1, 0.15) is 25.3 Å². The Morgan fingerprint density at radius 3 is 3.16 bits per heavy atom. The van der Waals surface area contributed by atoms with Crippen molar-refractivity contribution in [3.05, 3.63) is 29.0 Å². The molecule has 1 saturated heterocycles. The van der Waals surface area contributed by atoms with Crippen molar-refractivity contribution in [3.8, 4) is 0 Å². The first-order valence-corrected chi connectivity index (χ1v) is 7.15. The Morgan fingerprint density at radius 1 is 1.53 bits per heavy atom. The molecule has 0 aliphatic carbocycles. The van der Waals surface area contributed by atoms with Gasteiger partial charge in [0.1, 0.15) is 11.9 Å². The highest BCUT2D eigenvalue weighted by atomic mass is 35.5. The number of rotatable bonds is 3. The molecule has 0 spiro atoms. The normalized spacial score (nSPS) is 20.0. The molecule has 1 aromatic carbocycles. The van der Waals surface area contributed by atoms with Gasteiger partial charge in [-0.2, -0.15) is 0 Å². The van der Waals surface area contributed by atoms with E-state index in [9.17, 15) is 0 Å². The van der Waals surface area contributed by atoms with Crippen LogP contribution in [0.5, 0.6) is 0 Å². The molecule has 1 N–H and O–H groups in total. The second-order valence-corrected chi connectivity index (χ2v) is 5.25. The molecule has 4 nitrogen and oxygen atoms in total. The van der Waals surface area contributed by atoms with Crippen LogP contribution < -0.4 is 5.32 Å². The summed E-state index contributed by atoms with van der Waals surface area (Å²) in [6.45, 7) is 5.57. The summed E-state index contributed by atoms with van der Waals surface area (Å²) >= 11 is 6.10. The number of hydrogen-bond donors (Lipinski definition) is 1. The van der Waals surface area contributed by atoms with Crippen LogP contribution >= 0.6 is 11.6 Å². The Labute approximate surface area is 117 Å². The smallest absolute Gasteiger partial charge is 0.140 e. The molecule has 0 saturated carbocycles. The molecule has 1 fully saturated rings. The predicted octanol–water partition coefficient (Wildman–Crippen LogP) is 2.76. The molecule has 2 aromatic rings. The highest BCUT2D eigenvalue weighted by Crippen LogP contribution is 2.26. The molecule has 1 atom stereocenters. The average molecular weight is 280 g/mol. The van der Waals surface area contributed by atoms with E-state index in [0.717, 1.165) is 54.5 Å². The van der Waals surface area contributed by atoms with Gasteiger partial charge in [0.2, 0.25) is 0 Å². The number of aryl methyl sites for hydroxylation is 1. The van der Waals surface area contributed by atoms with E-state index in [-0.39, 0.29) is 6.10 Å². The van der Waals surface area contributed by atoms with Crippen LogP contribution in [-0.4, -0.2) is 29.2 Å². The fourth-order valence-corrected chi connectivity index (χ4v) is 2.72. The number of aromatic nitrogens is 2. The van der Waals surface area contributed by atoms with Crippen molar-refractivity contribution in [1.29, 1.82) is 0 Å². The number of fused-ring (bicyclic) bond motifs is 1. The Morgan fingerprint density at radius 2 is 2.42 bits per heavy atom. The average Bonchev–Trinajstić information content (AvgIpc) is 2.79. The van der Waals surface area contributed by atoms with E-state index in [2.05, 4.69) is 16.8 Å². The predicted molar refractivity (Wildman–Crippen MR) is 76.6 cm³/mol. The zero-order chi connectivity index (χ0) is 13.2. The number of halogens is 1. The zero-order valence-corrected chi connectivity index (χ0v) is 11.8. The molecule has 3 rings (SSSR count). The number of benzene rings is 1. The highest BCUT2D eigenvalue weighted by molar-refractivity contribution is 6.31. The Hall–Kier alpha value is -1.10. The Bertz CT molecular complexity index is 575. The van der Waals surface area contributed by atoms with E-state index in [0.29, 0.717) is 0 Å². The number of morpholine rings is 1. The molecule has 1 aliphatic heterocycles. The maximum Gasteiger partial charge on any atom is 0.140 e. The maximum atomic E-state index is 6.10. The molecular weight excluding hydrogens is 262 g/mol. The van der Waals surface area contributed by atoms with Crippen molar-refractivity contribution in [2.45, 2.75) is 26.0 Å². The third-order valence-electron chi connectivity index (χ3n) is 3.40. The second kappa shape index (κ2) is 5.49. The van der Waals surface area contributed by atoms with E-state index in [1.807, 2.05) is 18.2 Å². The number of hydrogen-bond acceptors (Lipinski definition) is 3. The van der Waals surface area contributed by atoms with E-state index in [1.54, 1.807) is 0 Å². The SMILES string of the molecule is CCCn1c(C2CNCCO2)nc2ccc(Cl)cc21. The van der Waals surface area contributed by atoms with Gasteiger partial charge < -0.3 is 14.6 Å². The molecule has 1 aliphatic rings. The maximum absolute atomic E-state index is 6.10. The van der Waals surface area contributed by atoms with Gasteiger partial charge in [0, 0.05) is 24.7 Å². The number of imidazole rings is 1. The van der Waals surface area contributed by atoms with Gasteiger partial charge in [-0.3, -0.25) is 0 Å². The van der Waals surface area contributed by atoms with Crippen molar-refractivity contribution < 1.29 is 4.74 Å². The summed E-state index contributed by atoms with van der Waals surface area (Å²) in [4.78, 5) is 4.74. The molecule has 19 heavy (non-hydrogen) atoms. The van der Waals surface area contributed by atoms with Crippen LogP contribution in [0.15, 0.2) is 18.2 Å². The van der Waals surface area contributed by atoms with Gasteiger partial charge in [-0.15, -0.1) is 0 Å². The summed E-state index contributed by atoms with van der Waals surface area (Å²) in [5.41, 5.74) is 2.08. The van der Waals surface area contributed by atoms with Crippen LogP contribution in [0.2, 0.25) is 5.02 Å². The number of nitrogens with one attached hydrogen (secondary N) is 1. The molecule has 102 valence electrons. The minimum Gasteiger partial charge on any atom is -0.368 e. The second-order valence-electron chi connectivity index (χ2n) is 4.82. The summed E-state index contributed by atoms with van der Waals surface area (Å²) in [5.74, 6) is 1.01. The van der Waals surface area contributed by atoms with Crippen molar-refractivity contribution in [2.24, 2.45) is 0 Å². The topological polar surface area (TPSA) is 39.1 Å². The van der Waals surface area contributed by atoms with Gasteiger partial charge in [0.05, 0.1) is 17.6 Å². The van der Waals surface area contributed by atoms with E-state index in [4.69, 9.17) is 21.3 Å². The first kappa shape index (κ1) is 12.9. The third kappa shape index (κ3) is 2.48. The highest BCUT2D eigenvalue weighted by Gasteiger charge is 2.22. The molecule has 1 unspecified atom stereocenters. The van der Waals surface area contributed by atoms with Crippen molar-refractivity contribution in [1.82, 2.24) is 14.9 Å². The molecule has 0 bridgehead atoms. The van der Waals surface area contributed by atoms with Gasteiger partial charge >= 0.3 is 0 Å². The lowest BCUT2D eigenvalue weighted by atomic mass is 10.3. The molecule has 0 radical (unpaired) electrons. The summed E-state index contributed by atoms with van der Waals surface area (Å²) in [6.07, 6.45) is 1.09. The first-order valence-electron chi connectivity index (χ1n) is 6.77. The van der Waals surface area contributed by atoms with Crippen molar-refractivity contribution >= 4 is 22.6 Å². The van der Waals surface area contributed by atoms with Crippen molar-refractivity contribution in [3.63, 3.8) is 0 Å². The molecular formula is C14H18ClN3O. The largest absolute Gasteiger partial charge is 0.368 e. The summed E-state index contributed by atoms with van der Waals surface area (Å²) in [7, 11) is 0. The zero-order valence-electron chi connectivity index (χ0n) is 11.0. The third-order valence-corrected chi connectivity index (χ3v) is 3.64. The monoisotopic (exact) mass is 279 g/mol. The number of ether oxygens (including phenoxy) is 1. The number of nitrogens with zero attached hydrogens (tertiary/aromatic N) is 2.